The molecule has 2 aromatic rings. The Morgan fingerprint density at radius 2 is 2.18 bits per heavy atom. The summed E-state index contributed by atoms with van der Waals surface area (Å²) in [6.07, 6.45) is 1.62. The number of aromatic nitrogens is 1. The molecule has 1 amide bonds. The SMILES string of the molecule is CCOc1ncccc1CNC(=O)c1ccc(OC)c(F)c1. The third-order valence-electron chi connectivity index (χ3n) is 2.98. The highest BCUT2D eigenvalue weighted by Gasteiger charge is 2.11. The fourth-order valence-corrected chi connectivity index (χ4v) is 1.91. The second kappa shape index (κ2) is 7.40. The normalized spacial score (nSPS) is 10.1. The summed E-state index contributed by atoms with van der Waals surface area (Å²) in [5, 5.41) is 2.71. The Balaban J connectivity index is 2.05. The van der Waals surface area contributed by atoms with E-state index in [0.29, 0.717) is 12.5 Å². The molecular formula is C16H17FN2O3. The van der Waals surface area contributed by atoms with Crippen LogP contribution in [0.15, 0.2) is 36.5 Å². The van der Waals surface area contributed by atoms with Crippen molar-refractivity contribution in [2.24, 2.45) is 0 Å². The van der Waals surface area contributed by atoms with Crippen molar-refractivity contribution in [3.05, 3.63) is 53.5 Å². The number of hydrogen-bond acceptors (Lipinski definition) is 4. The van der Waals surface area contributed by atoms with Crippen LogP contribution in [0.1, 0.15) is 22.8 Å². The maximum absolute atomic E-state index is 13.6. The van der Waals surface area contributed by atoms with Crippen molar-refractivity contribution < 1.29 is 18.7 Å². The van der Waals surface area contributed by atoms with Gasteiger partial charge in [0.15, 0.2) is 11.6 Å². The Morgan fingerprint density at radius 1 is 1.36 bits per heavy atom. The highest BCUT2D eigenvalue weighted by Crippen LogP contribution is 2.18. The summed E-state index contributed by atoms with van der Waals surface area (Å²) >= 11 is 0. The molecular weight excluding hydrogens is 287 g/mol. The van der Waals surface area contributed by atoms with Crippen LogP contribution in [0, 0.1) is 5.82 Å². The predicted octanol–water partition coefficient (Wildman–Crippen LogP) is 2.56. The standard InChI is InChI=1S/C16H17FN2O3/c1-3-22-16-12(5-4-8-18-16)10-19-15(20)11-6-7-14(21-2)13(17)9-11/h4-9H,3,10H2,1-2H3,(H,19,20). The van der Waals surface area contributed by atoms with E-state index in [1.54, 1.807) is 12.3 Å². The van der Waals surface area contributed by atoms with Gasteiger partial charge in [-0.15, -0.1) is 0 Å². The van der Waals surface area contributed by atoms with Crippen LogP contribution in [0.2, 0.25) is 0 Å². The molecule has 116 valence electrons. The Morgan fingerprint density at radius 3 is 2.86 bits per heavy atom. The third kappa shape index (κ3) is 3.72. The maximum atomic E-state index is 13.6. The number of ether oxygens (including phenoxy) is 2. The average Bonchev–Trinajstić information content (AvgIpc) is 2.54. The lowest BCUT2D eigenvalue weighted by Gasteiger charge is -2.10. The molecule has 0 saturated carbocycles. The van der Waals surface area contributed by atoms with Crippen molar-refractivity contribution in [2.75, 3.05) is 13.7 Å². The first kappa shape index (κ1) is 15.8. The molecule has 0 aliphatic heterocycles. The minimum atomic E-state index is -0.577. The van der Waals surface area contributed by atoms with Crippen LogP contribution < -0.4 is 14.8 Å². The number of pyridine rings is 1. The quantitative estimate of drug-likeness (QED) is 0.891. The zero-order valence-corrected chi connectivity index (χ0v) is 12.4. The number of hydrogen-bond donors (Lipinski definition) is 1. The first-order chi connectivity index (χ1) is 10.7. The van der Waals surface area contributed by atoms with Gasteiger partial charge in [-0.2, -0.15) is 0 Å². The van der Waals surface area contributed by atoms with Gasteiger partial charge in [0, 0.05) is 23.9 Å². The van der Waals surface area contributed by atoms with Crippen LogP contribution in [-0.2, 0) is 6.54 Å². The van der Waals surface area contributed by atoms with Crippen LogP contribution >= 0.6 is 0 Å². The molecule has 0 bridgehead atoms. The summed E-state index contributed by atoms with van der Waals surface area (Å²) < 4.78 is 23.8. The van der Waals surface area contributed by atoms with Crippen LogP contribution in [0.4, 0.5) is 4.39 Å². The van der Waals surface area contributed by atoms with E-state index in [1.165, 1.54) is 19.2 Å². The largest absolute Gasteiger partial charge is 0.494 e. The number of halogens is 1. The molecule has 0 aliphatic carbocycles. The molecule has 1 aromatic heterocycles. The van der Waals surface area contributed by atoms with Crippen molar-refractivity contribution >= 4 is 5.91 Å². The van der Waals surface area contributed by atoms with E-state index in [4.69, 9.17) is 9.47 Å². The van der Waals surface area contributed by atoms with Gasteiger partial charge in [-0.25, -0.2) is 9.37 Å². The molecule has 0 atom stereocenters. The van der Waals surface area contributed by atoms with Gasteiger partial charge in [0.2, 0.25) is 5.88 Å². The van der Waals surface area contributed by atoms with E-state index in [-0.39, 0.29) is 23.8 Å². The van der Waals surface area contributed by atoms with Gasteiger partial charge >= 0.3 is 0 Å². The fraction of sp³-hybridized carbons (Fsp3) is 0.250. The summed E-state index contributed by atoms with van der Waals surface area (Å²) in [7, 11) is 1.37. The van der Waals surface area contributed by atoms with Crippen molar-refractivity contribution in [1.29, 1.82) is 0 Å². The van der Waals surface area contributed by atoms with E-state index in [2.05, 4.69) is 10.3 Å². The van der Waals surface area contributed by atoms with E-state index >= 15 is 0 Å². The molecule has 0 saturated heterocycles. The van der Waals surface area contributed by atoms with Gasteiger partial charge in [0.05, 0.1) is 13.7 Å². The van der Waals surface area contributed by atoms with Gasteiger partial charge in [-0.05, 0) is 31.2 Å². The molecule has 2 rings (SSSR count). The number of methoxy groups -OCH3 is 1. The highest BCUT2D eigenvalue weighted by molar-refractivity contribution is 5.94. The van der Waals surface area contributed by atoms with E-state index < -0.39 is 5.82 Å². The number of rotatable bonds is 6. The number of amides is 1. The molecule has 0 aliphatic rings. The minimum absolute atomic E-state index is 0.0995. The minimum Gasteiger partial charge on any atom is -0.494 e. The number of carbonyl (C=O) groups is 1. The first-order valence-corrected chi connectivity index (χ1v) is 6.84. The predicted molar refractivity (Wildman–Crippen MR) is 79.5 cm³/mol. The van der Waals surface area contributed by atoms with E-state index in [1.807, 2.05) is 13.0 Å². The monoisotopic (exact) mass is 304 g/mol. The van der Waals surface area contributed by atoms with Gasteiger partial charge in [0.1, 0.15) is 0 Å². The summed E-state index contributed by atoms with van der Waals surface area (Å²) in [5.74, 6) is -0.381. The molecule has 22 heavy (non-hydrogen) atoms. The lowest BCUT2D eigenvalue weighted by Crippen LogP contribution is -2.23. The van der Waals surface area contributed by atoms with E-state index in [0.717, 1.165) is 11.6 Å². The average molecular weight is 304 g/mol. The van der Waals surface area contributed by atoms with Crippen molar-refractivity contribution in [1.82, 2.24) is 10.3 Å². The number of nitrogens with one attached hydrogen (secondary N) is 1. The number of benzene rings is 1. The molecule has 1 N–H and O–H groups in total. The topological polar surface area (TPSA) is 60.5 Å². The maximum Gasteiger partial charge on any atom is 0.251 e. The van der Waals surface area contributed by atoms with Crippen LogP contribution in [0.25, 0.3) is 0 Å². The summed E-state index contributed by atoms with van der Waals surface area (Å²) in [4.78, 5) is 16.2. The number of carbonyl (C=O) groups excluding carboxylic acids is 1. The van der Waals surface area contributed by atoms with Gasteiger partial charge in [-0.1, -0.05) is 6.07 Å². The molecule has 0 radical (unpaired) electrons. The fourth-order valence-electron chi connectivity index (χ4n) is 1.91. The molecule has 5 nitrogen and oxygen atoms in total. The highest BCUT2D eigenvalue weighted by atomic mass is 19.1. The second-order valence-electron chi connectivity index (χ2n) is 4.43. The third-order valence-corrected chi connectivity index (χ3v) is 2.98. The Kier molecular flexibility index (Phi) is 5.30. The molecule has 1 aromatic carbocycles. The van der Waals surface area contributed by atoms with Gasteiger partial charge in [-0.3, -0.25) is 4.79 Å². The van der Waals surface area contributed by atoms with Crippen LogP contribution in [-0.4, -0.2) is 24.6 Å². The van der Waals surface area contributed by atoms with Crippen molar-refractivity contribution in [3.63, 3.8) is 0 Å². The van der Waals surface area contributed by atoms with Gasteiger partial charge in [0.25, 0.3) is 5.91 Å². The van der Waals surface area contributed by atoms with E-state index in [9.17, 15) is 9.18 Å². The lowest BCUT2D eigenvalue weighted by molar-refractivity contribution is 0.0950. The van der Waals surface area contributed by atoms with Crippen molar-refractivity contribution in [2.45, 2.75) is 13.5 Å². The molecule has 1 heterocycles. The molecule has 0 unspecified atom stereocenters. The Labute approximate surface area is 128 Å². The number of nitrogens with zero attached hydrogens (tertiary/aromatic N) is 1. The van der Waals surface area contributed by atoms with Crippen molar-refractivity contribution in [3.8, 4) is 11.6 Å². The lowest BCUT2D eigenvalue weighted by atomic mass is 10.2. The zero-order valence-electron chi connectivity index (χ0n) is 12.4. The van der Waals surface area contributed by atoms with Crippen LogP contribution in [0.3, 0.4) is 0 Å². The molecule has 0 spiro atoms. The van der Waals surface area contributed by atoms with Crippen LogP contribution in [0.5, 0.6) is 11.6 Å². The summed E-state index contributed by atoms with van der Waals surface area (Å²) in [6, 6.07) is 7.63. The first-order valence-electron chi connectivity index (χ1n) is 6.84. The summed E-state index contributed by atoms with van der Waals surface area (Å²) in [5.41, 5.74) is 0.979. The zero-order chi connectivity index (χ0) is 15.9. The molecule has 0 fully saturated rings. The Hall–Kier alpha value is -2.63. The van der Waals surface area contributed by atoms with Gasteiger partial charge < -0.3 is 14.8 Å². The molecule has 6 heteroatoms. The second-order valence-corrected chi connectivity index (χ2v) is 4.43. The smallest absolute Gasteiger partial charge is 0.251 e. The Bertz CT molecular complexity index is 662. The summed E-state index contributed by atoms with van der Waals surface area (Å²) in [6.45, 7) is 2.59.